The summed E-state index contributed by atoms with van der Waals surface area (Å²) in [6.45, 7) is -5.21. The van der Waals surface area contributed by atoms with Crippen LogP contribution in [0.15, 0.2) is 21.9 Å². The maximum Gasteiger partial charge on any atom is 0.488 e. The van der Waals surface area contributed by atoms with Crippen LogP contribution in [0, 0.1) is 0 Å². The second kappa shape index (κ2) is 8.66. The third-order valence-corrected chi connectivity index (χ3v) is 7.90. The van der Waals surface area contributed by atoms with E-state index in [9.17, 15) is 28.7 Å². The molecule has 28 heavy (non-hydrogen) atoms. The predicted octanol–water partition coefficient (Wildman–Crippen LogP) is -1.36. The first kappa shape index (κ1) is 23.7. The minimum atomic E-state index is -5.46. The van der Waals surface area contributed by atoms with E-state index in [1.807, 2.05) is 4.98 Å². The minimum absolute atomic E-state index is 0.102. The number of aliphatic hydroxyl groups excluding tert-OH is 1. The standard InChI is InChI=1S/C9H15N2O13P3S/c12-5-3-8(11-2-1-7(13)10-9(11)14)22-6(5)4-21-27(20,28)24-26(18,19)23-25(15,16)17/h1-2,5-6,8,12H,3-4H2,(H,18,19)(H,20,28)(H,10,13,14)(H2,15,16,17)/t5-,6+,8+,27?/m0/s1. The molecule has 1 aliphatic heterocycles. The SMILES string of the molecule is O=c1ccn([C@H]2C[C@H](O)[C@@H](COP(O)(=S)OP(=O)(O)OP(=O)(O)O)O2)c(=O)[nH]1. The average molecular weight is 484 g/mol. The number of rotatable bonds is 8. The first-order valence-corrected chi connectivity index (χ1v) is 12.7. The molecule has 6 N–H and O–H groups in total. The number of H-pyrrole nitrogens is 1. The van der Waals surface area contributed by atoms with Gasteiger partial charge in [0.2, 0.25) is 0 Å². The minimum Gasteiger partial charge on any atom is -0.390 e. The van der Waals surface area contributed by atoms with Gasteiger partial charge >= 0.3 is 28.1 Å². The van der Waals surface area contributed by atoms with Gasteiger partial charge in [-0.25, -0.2) is 18.2 Å². The summed E-state index contributed by atoms with van der Waals surface area (Å²) >= 11 is 4.44. The Kier molecular flexibility index (Phi) is 7.33. The van der Waals surface area contributed by atoms with Crippen LogP contribution in [-0.2, 0) is 38.8 Å². The predicted molar refractivity (Wildman–Crippen MR) is 92.4 cm³/mol. The summed E-state index contributed by atoms with van der Waals surface area (Å²) in [7, 11) is -10.9. The van der Waals surface area contributed by atoms with Crippen molar-refractivity contribution in [1.82, 2.24) is 9.55 Å². The molecule has 0 spiro atoms. The lowest BCUT2D eigenvalue weighted by atomic mass is 10.2. The van der Waals surface area contributed by atoms with E-state index in [0.29, 0.717) is 0 Å². The Morgan fingerprint density at radius 1 is 1.25 bits per heavy atom. The molecule has 0 radical (unpaired) electrons. The molecule has 5 atom stereocenters. The number of hydrogen-bond donors (Lipinski definition) is 6. The second-order valence-corrected chi connectivity index (χ2v) is 11.1. The maximum atomic E-state index is 11.7. The number of hydrogen-bond acceptors (Lipinski definition) is 10. The molecule has 19 heteroatoms. The zero-order valence-electron chi connectivity index (χ0n) is 13.5. The van der Waals surface area contributed by atoms with Crippen LogP contribution in [0.4, 0.5) is 0 Å². The normalized spacial score (nSPS) is 27.2. The Hall–Kier alpha value is -0.570. The summed E-state index contributed by atoms with van der Waals surface area (Å²) in [4.78, 5) is 60.7. The highest BCUT2D eigenvalue weighted by molar-refractivity contribution is 8.08. The van der Waals surface area contributed by atoms with Crippen molar-refractivity contribution >= 4 is 34.2 Å². The van der Waals surface area contributed by atoms with Crippen molar-refractivity contribution in [2.45, 2.75) is 24.9 Å². The number of aliphatic hydroxyl groups is 1. The molecule has 0 aromatic carbocycles. The van der Waals surface area contributed by atoms with E-state index in [0.717, 1.165) is 16.8 Å². The van der Waals surface area contributed by atoms with Crippen molar-refractivity contribution < 1.29 is 51.7 Å². The lowest BCUT2D eigenvalue weighted by Gasteiger charge is -2.21. The molecule has 160 valence electrons. The van der Waals surface area contributed by atoms with Gasteiger partial charge in [-0.3, -0.25) is 14.3 Å². The molecule has 2 rings (SSSR count). The Morgan fingerprint density at radius 3 is 2.46 bits per heavy atom. The van der Waals surface area contributed by atoms with Gasteiger partial charge in [-0.2, -0.15) is 4.31 Å². The summed E-state index contributed by atoms with van der Waals surface area (Å²) in [6.07, 6.45) is -2.33. The molecule has 1 saturated heterocycles. The van der Waals surface area contributed by atoms with E-state index in [1.54, 1.807) is 0 Å². The van der Waals surface area contributed by atoms with Crippen LogP contribution < -0.4 is 11.2 Å². The Balaban J connectivity index is 1.99. The van der Waals surface area contributed by atoms with Crippen LogP contribution in [0.5, 0.6) is 0 Å². The fourth-order valence-corrected chi connectivity index (χ4v) is 6.13. The van der Waals surface area contributed by atoms with Crippen LogP contribution in [0.3, 0.4) is 0 Å². The quantitative estimate of drug-likeness (QED) is 0.234. The first-order chi connectivity index (χ1) is 12.7. The number of nitrogens with one attached hydrogen (secondary N) is 1. The van der Waals surface area contributed by atoms with Gasteiger partial charge in [0, 0.05) is 18.7 Å². The summed E-state index contributed by atoms with van der Waals surface area (Å²) in [5.41, 5.74) is -1.43. The van der Waals surface area contributed by atoms with Gasteiger partial charge in [-0.15, -0.1) is 0 Å². The molecule has 1 aromatic heterocycles. The Morgan fingerprint density at radius 2 is 1.89 bits per heavy atom. The number of ether oxygens (including phenoxy) is 1. The zero-order chi connectivity index (χ0) is 21.3. The molecule has 2 heterocycles. The molecule has 0 saturated carbocycles. The highest BCUT2D eigenvalue weighted by Gasteiger charge is 2.40. The molecule has 0 amide bonds. The number of nitrogens with zero attached hydrogens (tertiary/aromatic N) is 1. The highest BCUT2D eigenvalue weighted by atomic mass is 32.5. The Bertz CT molecular complexity index is 970. The van der Waals surface area contributed by atoms with Crippen LogP contribution in [0.2, 0.25) is 0 Å². The number of aromatic nitrogens is 2. The van der Waals surface area contributed by atoms with Crippen molar-refractivity contribution in [3.63, 3.8) is 0 Å². The monoisotopic (exact) mass is 484 g/mol. The van der Waals surface area contributed by atoms with E-state index < -0.39 is 58.7 Å². The smallest absolute Gasteiger partial charge is 0.390 e. The summed E-state index contributed by atoms with van der Waals surface area (Å²) in [6, 6.07) is 1.06. The van der Waals surface area contributed by atoms with Crippen LogP contribution >= 0.6 is 22.4 Å². The van der Waals surface area contributed by atoms with Gasteiger partial charge in [-0.1, -0.05) is 0 Å². The topological polar surface area (TPSA) is 227 Å². The van der Waals surface area contributed by atoms with Crippen LogP contribution in [-0.4, -0.2) is 53.0 Å². The molecule has 2 unspecified atom stereocenters. The van der Waals surface area contributed by atoms with Crippen molar-refractivity contribution in [1.29, 1.82) is 0 Å². The molecule has 1 fully saturated rings. The molecular formula is C9H15N2O13P3S. The van der Waals surface area contributed by atoms with Crippen molar-refractivity contribution in [3.8, 4) is 0 Å². The number of phosphoric acid groups is 2. The molecule has 0 aliphatic carbocycles. The maximum absolute atomic E-state index is 11.7. The second-order valence-electron chi connectivity index (χ2n) is 5.34. The molecule has 0 bridgehead atoms. The lowest BCUT2D eigenvalue weighted by molar-refractivity contribution is -0.0426. The fraction of sp³-hybridized carbons (Fsp3) is 0.556. The summed E-state index contributed by atoms with van der Waals surface area (Å²) in [5.74, 6) is 0. The summed E-state index contributed by atoms with van der Waals surface area (Å²) in [5, 5.41) is 9.98. The van der Waals surface area contributed by atoms with Crippen LogP contribution in [0.1, 0.15) is 12.6 Å². The van der Waals surface area contributed by atoms with Crippen LogP contribution in [0.25, 0.3) is 0 Å². The van der Waals surface area contributed by atoms with Crippen molar-refractivity contribution in [2.75, 3.05) is 6.61 Å². The van der Waals surface area contributed by atoms with E-state index in [-0.39, 0.29) is 6.42 Å². The lowest BCUT2D eigenvalue weighted by Crippen LogP contribution is -2.31. The third-order valence-electron chi connectivity index (χ3n) is 3.18. The fourth-order valence-electron chi connectivity index (χ4n) is 2.16. The van der Waals surface area contributed by atoms with Gasteiger partial charge in [0.25, 0.3) is 5.56 Å². The molecule has 1 aliphatic rings. The first-order valence-electron chi connectivity index (χ1n) is 7.11. The van der Waals surface area contributed by atoms with Crippen molar-refractivity contribution in [2.24, 2.45) is 0 Å². The summed E-state index contributed by atoms with van der Waals surface area (Å²) < 4.78 is 40.6. The van der Waals surface area contributed by atoms with Gasteiger partial charge in [-0.05, 0) is 11.8 Å². The highest BCUT2D eigenvalue weighted by Crippen LogP contribution is 2.66. The largest absolute Gasteiger partial charge is 0.488 e. The van der Waals surface area contributed by atoms with Crippen molar-refractivity contribution in [3.05, 3.63) is 33.1 Å². The third kappa shape index (κ3) is 7.04. The molecular weight excluding hydrogens is 469 g/mol. The molecule has 15 nitrogen and oxygen atoms in total. The van der Waals surface area contributed by atoms with Gasteiger partial charge < -0.3 is 33.9 Å². The van der Waals surface area contributed by atoms with E-state index in [1.165, 1.54) is 0 Å². The van der Waals surface area contributed by atoms with Gasteiger partial charge in [0.15, 0.2) is 0 Å². The van der Waals surface area contributed by atoms with E-state index in [4.69, 9.17) is 23.9 Å². The average Bonchev–Trinajstić information content (AvgIpc) is 2.82. The zero-order valence-corrected chi connectivity index (χ0v) is 17.0. The van der Waals surface area contributed by atoms with E-state index in [2.05, 4.69) is 20.4 Å². The van der Waals surface area contributed by atoms with Gasteiger partial charge in [0.05, 0.1) is 12.7 Å². The number of aromatic amines is 1. The Labute approximate surface area is 160 Å². The van der Waals surface area contributed by atoms with Gasteiger partial charge in [0.1, 0.15) is 12.3 Å². The molecule has 1 aromatic rings. The van der Waals surface area contributed by atoms with E-state index >= 15 is 0 Å².